The fourth-order valence-corrected chi connectivity index (χ4v) is 2.80. The van der Waals surface area contributed by atoms with E-state index in [1.165, 1.54) is 23.4 Å². The monoisotopic (exact) mass is 375 g/mol. The molecule has 140 valence electrons. The van der Waals surface area contributed by atoms with Gasteiger partial charge >= 0.3 is 6.09 Å². The van der Waals surface area contributed by atoms with E-state index in [0.29, 0.717) is 23.5 Å². The number of ether oxygens (including phenoxy) is 2. The molecule has 0 bridgehead atoms. The molecule has 3 heterocycles. The van der Waals surface area contributed by atoms with E-state index in [9.17, 15) is 13.6 Å². The molecule has 1 atom stereocenters. The first kappa shape index (κ1) is 17.3. The summed E-state index contributed by atoms with van der Waals surface area (Å²) in [5, 5.41) is 0. The van der Waals surface area contributed by atoms with E-state index < -0.39 is 23.8 Å². The molecule has 10 heteroatoms. The lowest BCUT2D eigenvalue weighted by atomic mass is 10.2. The topological polar surface area (TPSA) is 93.2 Å². The number of halogens is 2. The van der Waals surface area contributed by atoms with Crippen LogP contribution in [0.1, 0.15) is 17.5 Å². The molecule has 8 nitrogen and oxygen atoms in total. The van der Waals surface area contributed by atoms with Gasteiger partial charge in [-0.15, -0.1) is 0 Å². The van der Waals surface area contributed by atoms with Crippen LogP contribution in [0.3, 0.4) is 0 Å². The van der Waals surface area contributed by atoms with Gasteiger partial charge in [-0.2, -0.15) is 0 Å². The van der Waals surface area contributed by atoms with Crippen molar-refractivity contribution in [3.8, 4) is 0 Å². The van der Waals surface area contributed by atoms with Crippen LogP contribution in [0.5, 0.6) is 0 Å². The lowest BCUT2D eigenvalue weighted by molar-refractivity contribution is -0.0331. The van der Waals surface area contributed by atoms with E-state index in [1.54, 1.807) is 6.20 Å². The molecule has 1 saturated heterocycles. The van der Waals surface area contributed by atoms with Crippen LogP contribution >= 0.6 is 0 Å². The van der Waals surface area contributed by atoms with E-state index in [4.69, 9.17) is 9.47 Å². The normalized spacial score (nSPS) is 17.3. The Balaban J connectivity index is 1.41. The first-order valence-electron chi connectivity index (χ1n) is 8.23. The molecule has 1 fully saturated rings. The summed E-state index contributed by atoms with van der Waals surface area (Å²) in [7, 11) is 0. The SMILES string of the molecule is O=C(OCc1cccc(F)c1F)N1CCO[C@H](c2nc3cncnc3[nH]2)C1. The van der Waals surface area contributed by atoms with Crippen molar-refractivity contribution in [2.24, 2.45) is 0 Å². The third-order valence-corrected chi connectivity index (χ3v) is 4.19. The Morgan fingerprint density at radius 3 is 3.15 bits per heavy atom. The maximum absolute atomic E-state index is 13.7. The van der Waals surface area contributed by atoms with Gasteiger partial charge in [-0.25, -0.2) is 28.5 Å². The quantitative estimate of drug-likeness (QED) is 0.755. The van der Waals surface area contributed by atoms with Crippen LogP contribution in [0.15, 0.2) is 30.7 Å². The van der Waals surface area contributed by atoms with E-state index >= 15 is 0 Å². The number of hydrogen-bond acceptors (Lipinski definition) is 6. The Hall–Kier alpha value is -3.14. The summed E-state index contributed by atoms with van der Waals surface area (Å²) in [4.78, 5) is 29.1. The number of hydrogen-bond donors (Lipinski definition) is 1. The third kappa shape index (κ3) is 3.56. The van der Waals surface area contributed by atoms with Crippen molar-refractivity contribution in [2.45, 2.75) is 12.7 Å². The van der Waals surface area contributed by atoms with Crippen LogP contribution in [-0.2, 0) is 16.1 Å². The number of aromatic nitrogens is 4. The zero-order valence-electron chi connectivity index (χ0n) is 14.1. The van der Waals surface area contributed by atoms with Crippen LogP contribution < -0.4 is 0 Å². The van der Waals surface area contributed by atoms with Crippen LogP contribution in [0, 0.1) is 11.6 Å². The number of rotatable bonds is 3. The molecule has 0 unspecified atom stereocenters. The molecule has 1 aliphatic heterocycles. The highest BCUT2D eigenvalue weighted by Crippen LogP contribution is 2.22. The minimum Gasteiger partial charge on any atom is -0.444 e. The van der Waals surface area contributed by atoms with E-state index in [1.807, 2.05) is 0 Å². The molecule has 4 rings (SSSR count). The zero-order chi connectivity index (χ0) is 18.8. The van der Waals surface area contributed by atoms with Gasteiger partial charge in [-0.1, -0.05) is 12.1 Å². The molecular formula is C17H15F2N5O3. The first-order valence-corrected chi connectivity index (χ1v) is 8.23. The zero-order valence-corrected chi connectivity index (χ0v) is 14.1. The lowest BCUT2D eigenvalue weighted by Gasteiger charge is -2.31. The molecule has 0 aliphatic carbocycles. The Labute approximate surface area is 152 Å². The van der Waals surface area contributed by atoms with Gasteiger partial charge in [-0.05, 0) is 6.07 Å². The van der Waals surface area contributed by atoms with Crippen molar-refractivity contribution in [2.75, 3.05) is 19.7 Å². The highest BCUT2D eigenvalue weighted by molar-refractivity contribution is 5.69. The summed E-state index contributed by atoms with van der Waals surface area (Å²) in [6.45, 7) is 0.459. The number of aromatic amines is 1. The molecule has 2 aromatic heterocycles. The maximum Gasteiger partial charge on any atom is 0.410 e. The first-order chi connectivity index (χ1) is 13.1. The second-order valence-corrected chi connectivity index (χ2v) is 5.95. The number of H-pyrrole nitrogens is 1. The van der Waals surface area contributed by atoms with Crippen molar-refractivity contribution in [1.29, 1.82) is 0 Å². The Bertz CT molecular complexity index is 947. The Morgan fingerprint density at radius 1 is 1.41 bits per heavy atom. The van der Waals surface area contributed by atoms with Gasteiger partial charge in [0.15, 0.2) is 17.3 Å². The standard InChI is InChI=1S/C17H15F2N5O3/c18-11-3-1-2-10(14(11)19)8-27-17(25)24-4-5-26-13(7-24)16-22-12-6-20-9-21-15(12)23-16/h1-3,6,9,13H,4-5,7-8H2,(H,20,21,22,23)/t13-/m0/s1. The fourth-order valence-electron chi connectivity index (χ4n) is 2.80. The number of imidazole rings is 1. The second kappa shape index (κ2) is 7.23. The minimum absolute atomic E-state index is 0.0241. The number of nitrogens with one attached hydrogen (secondary N) is 1. The van der Waals surface area contributed by atoms with Crippen molar-refractivity contribution < 1.29 is 23.0 Å². The highest BCUT2D eigenvalue weighted by atomic mass is 19.2. The molecule has 1 N–H and O–H groups in total. The van der Waals surface area contributed by atoms with Crippen LogP contribution in [-0.4, -0.2) is 50.6 Å². The van der Waals surface area contributed by atoms with E-state index in [2.05, 4.69) is 19.9 Å². The van der Waals surface area contributed by atoms with Crippen LogP contribution in [0.25, 0.3) is 11.2 Å². The Kier molecular flexibility index (Phi) is 4.63. The number of amides is 1. The number of morpholine rings is 1. The summed E-state index contributed by atoms with van der Waals surface area (Å²) in [6, 6.07) is 3.73. The van der Waals surface area contributed by atoms with Gasteiger partial charge in [0.05, 0.1) is 19.3 Å². The smallest absolute Gasteiger partial charge is 0.410 e. The fraction of sp³-hybridized carbons (Fsp3) is 0.294. The molecule has 3 aromatic rings. The summed E-state index contributed by atoms with van der Waals surface area (Å²) in [5.74, 6) is -1.48. The number of fused-ring (bicyclic) bond motifs is 1. The molecule has 0 spiro atoms. The number of carbonyl (C=O) groups excluding carboxylic acids is 1. The number of carbonyl (C=O) groups is 1. The summed E-state index contributed by atoms with van der Waals surface area (Å²) < 4.78 is 37.7. The molecular weight excluding hydrogens is 360 g/mol. The summed E-state index contributed by atoms with van der Waals surface area (Å²) >= 11 is 0. The second-order valence-electron chi connectivity index (χ2n) is 5.95. The number of benzene rings is 1. The molecule has 1 aliphatic rings. The van der Waals surface area contributed by atoms with Crippen molar-refractivity contribution in [3.63, 3.8) is 0 Å². The minimum atomic E-state index is -1.02. The predicted octanol–water partition coefficient (Wildman–Crippen LogP) is 2.34. The van der Waals surface area contributed by atoms with E-state index in [0.717, 1.165) is 6.07 Å². The van der Waals surface area contributed by atoms with Gasteiger partial charge in [0.1, 0.15) is 30.4 Å². The average molecular weight is 375 g/mol. The molecule has 1 aromatic carbocycles. The largest absolute Gasteiger partial charge is 0.444 e. The molecule has 27 heavy (non-hydrogen) atoms. The van der Waals surface area contributed by atoms with Crippen molar-refractivity contribution in [1.82, 2.24) is 24.8 Å². The van der Waals surface area contributed by atoms with Gasteiger partial charge in [0.25, 0.3) is 0 Å². The van der Waals surface area contributed by atoms with Gasteiger partial charge in [0.2, 0.25) is 0 Å². The third-order valence-electron chi connectivity index (χ3n) is 4.19. The van der Waals surface area contributed by atoms with Crippen LogP contribution in [0.2, 0.25) is 0 Å². The highest BCUT2D eigenvalue weighted by Gasteiger charge is 2.28. The maximum atomic E-state index is 13.7. The number of nitrogens with zero attached hydrogens (tertiary/aromatic N) is 4. The summed E-state index contributed by atoms with van der Waals surface area (Å²) in [5.41, 5.74) is 1.14. The molecule has 0 saturated carbocycles. The molecule has 1 amide bonds. The van der Waals surface area contributed by atoms with Gasteiger partial charge < -0.3 is 19.4 Å². The predicted molar refractivity (Wildman–Crippen MR) is 88.5 cm³/mol. The van der Waals surface area contributed by atoms with Gasteiger partial charge in [-0.3, -0.25) is 0 Å². The average Bonchev–Trinajstić information content (AvgIpc) is 3.13. The summed E-state index contributed by atoms with van der Waals surface area (Å²) in [6.07, 6.45) is 1.86. The lowest BCUT2D eigenvalue weighted by Crippen LogP contribution is -2.42. The van der Waals surface area contributed by atoms with Crippen molar-refractivity contribution >= 4 is 17.3 Å². The van der Waals surface area contributed by atoms with Crippen LogP contribution in [0.4, 0.5) is 13.6 Å². The van der Waals surface area contributed by atoms with Crippen molar-refractivity contribution in [3.05, 3.63) is 53.7 Å². The molecule has 0 radical (unpaired) electrons. The van der Waals surface area contributed by atoms with E-state index in [-0.39, 0.29) is 25.3 Å². The van der Waals surface area contributed by atoms with Gasteiger partial charge in [0, 0.05) is 12.1 Å². The Morgan fingerprint density at radius 2 is 2.30 bits per heavy atom.